The molecule has 1 aliphatic rings. The number of aromatic nitrogens is 3. The number of halogens is 2. The Hall–Kier alpha value is -2.32. The standard InChI is InChI=1S/C16H10BF2N3S2/c18-17(19)21-8-2-1-5-11(21)16-20-14(12-6-3-9-23-12)15(22(16)17)13-7-4-10-24-13/h1-10H. The Labute approximate surface area is 144 Å². The fourth-order valence-corrected chi connectivity index (χ4v) is 4.67. The van der Waals surface area contributed by atoms with Gasteiger partial charge in [-0.2, -0.15) is 0 Å². The van der Waals surface area contributed by atoms with Crippen molar-refractivity contribution in [2.75, 3.05) is 0 Å². The van der Waals surface area contributed by atoms with Crippen molar-refractivity contribution in [2.45, 2.75) is 0 Å². The minimum absolute atomic E-state index is 0.326. The van der Waals surface area contributed by atoms with Crippen LogP contribution in [0.25, 0.3) is 32.7 Å². The summed E-state index contributed by atoms with van der Waals surface area (Å²) >= 11 is 2.96. The summed E-state index contributed by atoms with van der Waals surface area (Å²) in [4.78, 5) is 6.32. The first-order chi connectivity index (χ1) is 11.7. The van der Waals surface area contributed by atoms with Gasteiger partial charge in [-0.15, -0.1) is 22.7 Å². The van der Waals surface area contributed by atoms with Crippen LogP contribution in [-0.4, -0.2) is 16.4 Å². The smallest absolute Gasteiger partial charge is 0.389 e. The van der Waals surface area contributed by atoms with Gasteiger partial charge in [0.15, 0.2) is 11.5 Å². The van der Waals surface area contributed by atoms with E-state index < -0.39 is 6.97 Å². The number of fused-ring (bicyclic) bond motifs is 3. The van der Waals surface area contributed by atoms with E-state index in [9.17, 15) is 0 Å². The van der Waals surface area contributed by atoms with Gasteiger partial charge in [0.2, 0.25) is 0 Å². The highest BCUT2D eigenvalue weighted by molar-refractivity contribution is 7.14. The molecule has 4 aromatic rings. The Morgan fingerprint density at radius 2 is 1.71 bits per heavy atom. The van der Waals surface area contributed by atoms with Crippen molar-refractivity contribution >= 4 is 29.6 Å². The minimum atomic E-state index is -3.95. The van der Waals surface area contributed by atoms with Crippen LogP contribution in [0.5, 0.6) is 0 Å². The van der Waals surface area contributed by atoms with Gasteiger partial charge in [0.25, 0.3) is 0 Å². The first-order valence-electron chi connectivity index (χ1n) is 7.41. The summed E-state index contributed by atoms with van der Waals surface area (Å²) in [6.07, 6.45) is 1.42. The summed E-state index contributed by atoms with van der Waals surface area (Å²) < 4.78 is 32.5. The first-order valence-corrected chi connectivity index (χ1v) is 9.17. The summed E-state index contributed by atoms with van der Waals surface area (Å²) in [7, 11) is 0. The number of thiophene rings is 2. The molecule has 4 aromatic heterocycles. The zero-order valence-corrected chi connectivity index (χ0v) is 13.9. The van der Waals surface area contributed by atoms with Gasteiger partial charge >= 0.3 is 6.97 Å². The summed E-state index contributed by atoms with van der Waals surface area (Å²) in [5.74, 6) is 0.326. The van der Waals surface area contributed by atoms with Crippen LogP contribution in [0, 0.1) is 0 Å². The van der Waals surface area contributed by atoms with Crippen LogP contribution >= 0.6 is 22.7 Å². The van der Waals surface area contributed by atoms with E-state index in [1.54, 1.807) is 18.2 Å². The molecule has 0 bridgehead atoms. The number of imidazole rings is 1. The molecule has 0 saturated heterocycles. The zero-order chi connectivity index (χ0) is 16.3. The number of rotatable bonds is 2. The molecule has 5 heterocycles. The Kier molecular flexibility index (Phi) is 2.84. The Balaban J connectivity index is 1.90. The largest absolute Gasteiger partial charge is 0.738 e. The molecule has 0 fully saturated rings. The monoisotopic (exact) mass is 357 g/mol. The van der Waals surface area contributed by atoms with Crippen molar-refractivity contribution in [3.05, 3.63) is 59.4 Å². The number of nitrogens with zero attached hydrogens (tertiary/aromatic N) is 3. The van der Waals surface area contributed by atoms with Gasteiger partial charge in [-0.3, -0.25) is 0 Å². The molecule has 0 atom stereocenters. The third kappa shape index (κ3) is 1.75. The SMILES string of the molecule is F[B-]1(F)n2c(nc(-c3cccs3)c2-c2cccs2)-c2cccc[n+]21. The molecule has 0 amide bonds. The lowest BCUT2D eigenvalue weighted by molar-refractivity contribution is -0.551. The molecule has 0 unspecified atom stereocenters. The highest BCUT2D eigenvalue weighted by atomic mass is 32.1. The predicted molar refractivity (Wildman–Crippen MR) is 93.2 cm³/mol. The molecule has 5 rings (SSSR count). The average Bonchev–Trinajstić information content (AvgIpc) is 3.33. The van der Waals surface area contributed by atoms with Crippen molar-refractivity contribution in [1.82, 2.24) is 9.46 Å². The summed E-state index contributed by atoms with van der Waals surface area (Å²) in [5, 5.41) is 3.83. The predicted octanol–water partition coefficient (Wildman–Crippen LogP) is 4.38. The van der Waals surface area contributed by atoms with E-state index in [0.29, 0.717) is 22.9 Å². The molecule has 0 N–H and O–H groups in total. The molecule has 0 saturated carbocycles. The van der Waals surface area contributed by atoms with E-state index in [4.69, 9.17) is 0 Å². The highest BCUT2D eigenvalue weighted by Gasteiger charge is 2.54. The van der Waals surface area contributed by atoms with Crippen molar-refractivity contribution in [3.63, 3.8) is 0 Å². The number of hydrogen-bond donors (Lipinski definition) is 0. The van der Waals surface area contributed by atoms with E-state index in [-0.39, 0.29) is 0 Å². The quantitative estimate of drug-likeness (QED) is 0.488. The lowest BCUT2D eigenvalue weighted by Gasteiger charge is -2.17. The van der Waals surface area contributed by atoms with Crippen LogP contribution in [0.15, 0.2) is 59.4 Å². The third-order valence-electron chi connectivity index (χ3n) is 4.18. The van der Waals surface area contributed by atoms with E-state index in [1.165, 1.54) is 28.9 Å². The van der Waals surface area contributed by atoms with Gasteiger partial charge in [0.1, 0.15) is 11.9 Å². The molecular weight excluding hydrogens is 347 g/mol. The molecule has 3 nitrogen and oxygen atoms in total. The molecule has 0 aromatic carbocycles. The first kappa shape index (κ1) is 14.1. The van der Waals surface area contributed by atoms with Crippen LogP contribution in [0.4, 0.5) is 8.63 Å². The average molecular weight is 357 g/mol. The van der Waals surface area contributed by atoms with Crippen molar-refractivity contribution in [1.29, 1.82) is 0 Å². The summed E-state index contributed by atoms with van der Waals surface area (Å²) in [5.41, 5.74) is 1.57. The van der Waals surface area contributed by atoms with Crippen molar-refractivity contribution < 1.29 is 13.1 Å². The molecule has 0 aliphatic carbocycles. The maximum atomic E-state index is 15.2. The fourth-order valence-electron chi connectivity index (χ4n) is 3.19. The van der Waals surface area contributed by atoms with Gasteiger partial charge < -0.3 is 17.6 Å². The van der Waals surface area contributed by atoms with Crippen molar-refractivity contribution in [2.24, 2.45) is 0 Å². The third-order valence-corrected chi connectivity index (χ3v) is 5.94. The Morgan fingerprint density at radius 1 is 0.958 bits per heavy atom. The van der Waals surface area contributed by atoms with Crippen LogP contribution in [-0.2, 0) is 0 Å². The zero-order valence-electron chi connectivity index (χ0n) is 12.3. The number of pyridine rings is 1. The van der Waals surface area contributed by atoms with E-state index in [0.717, 1.165) is 18.7 Å². The molecule has 118 valence electrons. The van der Waals surface area contributed by atoms with Gasteiger partial charge in [0, 0.05) is 10.9 Å². The van der Waals surface area contributed by atoms with Crippen LogP contribution < -0.4 is 4.48 Å². The van der Waals surface area contributed by atoms with Crippen LogP contribution in [0.1, 0.15) is 0 Å². The second-order valence-electron chi connectivity index (χ2n) is 5.54. The van der Waals surface area contributed by atoms with Crippen LogP contribution in [0.2, 0.25) is 0 Å². The van der Waals surface area contributed by atoms with Crippen LogP contribution in [0.3, 0.4) is 0 Å². The van der Waals surface area contributed by atoms with Gasteiger partial charge in [-0.25, -0.2) is 4.98 Å². The van der Waals surface area contributed by atoms with Crippen molar-refractivity contribution in [3.8, 4) is 32.7 Å². The highest BCUT2D eigenvalue weighted by Crippen LogP contribution is 2.42. The second-order valence-corrected chi connectivity index (χ2v) is 7.43. The van der Waals surface area contributed by atoms with E-state index in [2.05, 4.69) is 4.98 Å². The number of hydrogen-bond acceptors (Lipinski definition) is 3. The molecule has 0 radical (unpaired) electrons. The van der Waals surface area contributed by atoms with E-state index >= 15 is 8.63 Å². The molecule has 24 heavy (non-hydrogen) atoms. The lowest BCUT2D eigenvalue weighted by Crippen LogP contribution is -2.60. The minimum Gasteiger partial charge on any atom is -0.389 e. The fraction of sp³-hybridized carbons (Fsp3) is 0. The second kappa shape index (κ2) is 4.84. The van der Waals surface area contributed by atoms with Gasteiger partial charge in [-0.05, 0) is 35.0 Å². The molecule has 8 heteroatoms. The summed E-state index contributed by atoms with van der Waals surface area (Å²) in [6, 6.07) is 12.6. The topological polar surface area (TPSA) is 21.7 Å². The maximum absolute atomic E-state index is 15.2. The summed E-state index contributed by atoms with van der Waals surface area (Å²) in [6.45, 7) is -3.95. The maximum Gasteiger partial charge on any atom is 0.738 e. The molecule has 0 spiro atoms. The normalized spacial score (nSPS) is 14.6. The van der Waals surface area contributed by atoms with Gasteiger partial charge in [0.05, 0.1) is 10.6 Å². The lowest BCUT2D eigenvalue weighted by atomic mass is 9.97. The molecular formula is C16H10BF2N3S2. The molecule has 1 aliphatic heterocycles. The Morgan fingerprint density at radius 3 is 2.42 bits per heavy atom. The van der Waals surface area contributed by atoms with Gasteiger partial charge in [-0.1, -0.05) is 12.1 Å². The van der Waals surface area contributed by atoms with E-state index in [1.807, 2.05) is 35.0 Å². The Bertz CT molecular complexity index is 1040.